The van der Waals surface area contributed by atoms with Crippen LogP contribution in [0.25, 0.3) is 0 Å². The van der Waals surface area contributed by atoms with Crippen molar-refractivity contribution in [2.45, 2.75) is 13.8 Å². The lowest BCUT2D eigenvalue weighted by Crippen LogP contribution is -2.29. The average molecular weight is 296 g/mol. The van der Waals surface area contributed by atoms with Crippen molar-refractivity contribution >= 4 is 29.2 Å². The summed E-state index contributed by atoms with van der Waals surface area (Å²) in [4.78, 5) is 44.0. The number of amides is 2. The van der Waals surface area contributed by atoms with Gasteiger partial charge in [-0.05, 0) is 18.2 Å². The Morgan fingerprint density at radius 3 is 1.52 bits per heavy atom. The molecule has 0 radical (unpaired) electrons. The summed E-state index contributed by atoms with van der Waals surface area (Å²) < 4.78 is 0. The number of carbonyl (C=O) groups excluding carboxylic acids is 2. The Labute approximate surface area is 121 Å². The molecule has 2 amide bonds. The zero-order valence-corrected chi connectivity index (χ0v) is 12.1. The number of nitrogens with zero attached hydrogens (tertiary/aromatic N) is 2. The normalized spacial score (nSPS) is 10.1. The lowest BCUT2D eigenvalue weighted by Gasteiger charge is -2.22. The Morgan fingerprint density at radius 2 is 1.29 bits per heavy atom. The Kier molecular flexibility index (Phi) is 5.39. The molecule has 0 saturated carbocycles. The molecule has 0 unspecified atom stereocenters. The highest BCUT2D eigenvalue weighted by Gasteiger charge is 2.19. The molecule has 0 aliphatic rings. The van der Waals surface area contributed by atoms with E-state index in [1.807, 2.05) is 0 Å². The lowest BCUT2D eigenvalue weighted by atomic mass is 10.1. The molecule has 0 bridgehead atoms. The van der Waals surface area contributed by atoms with E-state index in [0.29, 0.717) is 0 Å². The summed E-state index contributed by atoms with van der Waals surface area (Å²) in [6, 6.07) is 3.91. The van der Waals surface area contributed by atoms with Gasteiger partial charge in [0.15, 0.2) is 0 Å². The predicted octanol–water partition coefficient (Wildman–Crippen LogP) is 1.21. The van der Waals surface area contributed by atoms with E-state index in [2.05, 4.69) is 0 Å². The van der Waals surface area contributed by atoms with Crippen molar-refractivity contribution in [1.82, 2.24) is 0 Å². The first-order chi connectivity index (χ1) is 9.81. The highest BCUT2D eigenvalue weighted by atomic mass is 16.7. The van der Waals surface area contributed by atoms with Crippen LogP contribution in [-0.4, -0.2) is 37.1 Å². The van der Waals surface area contributed by atoms with Gasteiger partial charge in [-0.1, -0.05) is 0 Å². The van der Waals surface area contributed by atoms with E-state index in [9.17, 15) is 14.4 Å². The molecule has 1 rings (SSSR count). The van der Waals surface area contributed by atoms with Crippen molar-refractivity contribution in [2.24, 2.45) is 0 Å². The number of carbonyl (C=O) groups is 3. The number of aromatic carboxylic acids is 1. The molecule has 0 heterocycles. The third-order valence-electron chi connectivity index (χ3n) is 2.56. The standard InChI is InChI=1S/C13H16N2O6/c1-8(16)14(20-3)11-5-10(13(18)19)6-12(7-11)15(21-4)9(2)17/h5-7H,1-4H3,(H,18,19). The maximum Gasteiger partial charge on any atom is 0.335 e. The second-order valence-corrected chi connectivity index (χ2v) is 4.04. The molecule has 8 nitrogen and oxygen atoms in total. The Morgan fingerprint density at radius 1 is 0.905 bits per heavy atom. The minimum atomic E-state index is -1.21. The van der Waals surface area contributed by atoms with Crippen LogP contribution in [0.15, 0.2) is 18.2 Å². The van der Waals surface area contributed by atoms with Crippen molar-refractivity contribution in [3.8, 4) is 0 Å². The van der Waals surface area contributed by atoms with Crippen LogP contribution in [0.3, 0.4) is 0 Å². The van der Waals surface area contributed by atoms with Crippen LogP contribution in [0.2, 0.25) is 0 Å². The van der Waals surface area contributed by atoms with Crippen LogP contribution in [0.4, 0.5) is 11.4 Å². The summed E-state index contributed by atoms with van der Waals surface area (Å²) in [7, 11) is 2.54. The molecule has 0 aliphatic heterocycles. The van der Waals surface area contributed by atoms with Gasteiger partial charge < -0.3 is 5.11 Å². The third kappa shape index (κ3) is 3.77. The molecule has 8 heteroatoms. The third-order valence-corrected chi connectivity index (χ3v) is 2.56. The highest BCUT2D eigenvalue weighted by Crippen LogP contribution is 2.26. The first-order valence-corrected chi connectivity index (χ1v) is 5.89. The van der Waals surface area contributed by atoms with Gasteiger partial charge >= 0.3 is 5.97 Å². The average Bonchev–Trinajstić information content (AvgIpc) is 2.39. The van der Waals surface area contributed by atoms with Crippen LogP contribution in [0, 0.1) is 0 Å². The molecule has 1 aromatic carbocycles. The fourth-order valence-corrected chi connectivity index (χ4v) is 1.78. The van der Waals surface area contributed by atoms with Gasteiger partial charge in [0.2, 0.25) is 11.8 Å². The van der Waals surface area contributed by atoms with E-state index in [4.69, 9.17) is 14.8 Å². The number of hydroxylamine groups is 2. The van der Waals surface area contributed by atoms with E-state index < -0.39 is 17.8 Å². The van der Waals surface area contributed by atoms with Crippen molar-refractivity contribution in [2.75, 3.05) is 24.3 Å². The summed E-state index contributed by atoms with van der Waals surface area (Å²) in [5.74, 6) is -2.10. The number of anilines is 2. The number of hydrogen-bond acceptors (Lipinski definition) is 5. The molecule has 0 spiro atoms. The smallest absolute Gasteiger partial charge is 0.335 e. The predicted molar refractivity (Wildman–Crippen MR) is 73.7 cm³/mol. The zero-order chi connectivity index (χ0) is 16.2. The second-order valence-electron chi connectivity index (χ2n) is 4.04. The number of hydrogen-bond donors (Lipinski definition) is 1. The van der Waals surface area contributed by atoms with Crippen molar-refractivity contribution < 1.29 is 29.2 Å². The van der Waals surface area contributed by atoms with Crippen LogP contribution >= 0.6 is 0 Å². The van der Waals surface area contributed by atoms with Crippen LogP contribution < -0.4 is 10.1 Å². The molecular formula is C13H16N2O6. The highest BCUT2D eigenvalue weighted by molar-refractivity contribution is 5.97. The Hall–Kier alpha value is -2.45. The topological polar surface area (TPSA) is 96.4 Å². The van der Waals surface area contributed by atoms with E-state index in [1.54, 1.807) is 0 Å². The van der Waals surface area contributed by atoms with Gasteiger partial charge in [0.05, 0.1) is 31.2 Å². The first-order valence-electron chi connectivity index (χ1n) is 5.89. The number of carboxylic acid groups (broad SMARTS) is 1. The van der Waals surface area contributed by atoms with E-state index >= 15 is 0 Å². The maximum absolute atomic E-state index is 11.5. The zero-order valence-electron chi connectivity index (χ0n) is 12.1. The molecule has 114 valence electrons. The molecule has 0 saturated heterocycles. The summed E-state index contributed by atoms with van der Waals surface area (Å²) in [5.41, 5.74) is 0.223. The fraction of sp³-hybridized carbons (Fsp3) is 0.308. The van der Waals surface area contributed by atoms with Gasteiger partial charge in [-0.15, -0.1) is 0 Å². The molecular weight excluding hydrogens is 280 g/mol. The molecule has 21 heavy (non-hydrogen) atoms. The van der Waals surface area contributed by atoms with Crippen LogP contribution in [0.5, 0.6) is 0 Å². The van der Waals surface area contributed by atoms with Crippen molar-refractivity contribution in [1.29, 1.82) is 0 Å². The minimum Gasteiger partial charge on any atom is -0.478 e. The monoisotopic (exact) mass is 296 g/mol. The van der Waals surface area contributed by atoms with E-state index in [1.165, 1.54) is 46.3 Å². The first kappa shape index (κ1) is 16.6. The molecule has 0 fully saturated rings. The molecule has 0 aliphatic carbocycles. The van der Waals surface area contributed by atoms with Crippen molar-refractivity contribution in [3.63, 3.8) is 0 Å². The van der Waals surface area contributed by atoms with Crippen LogP contribution in [0.1, 0.15) is 24.2 Å². The SMILES string of the molecule is CON(C(C)=O)c1cc(C(=O)O)cc(N(OC)C(C)=O)c1. The summed E-state index contributed by atoms with van der Waals surface area (Å²) in [5, 5.41) is 10.9. The number of benzene rings is 1. The van der Waals surface area contributed by atoms with Gasteiger partial charge in [-0.2, -0.15) is 10.1 Å². The van der Waals surface area contributed by atoms with Gasteiger partial charge in [0, 0.05) is 13.8 Å². The summed E-state index contributed by atoms with van der Waals surface area (Å²) in [6.45, 7) is 2.52. The fourth-order valence-electron chi connectivity index (χ4n) is 1.78. The Bertz CT molecular complexity index is 532. The van der Waals surface area contributed by atoms with Gasteiger partial charge in [0.1, 0.15) is 0 Å². The number of carboxylic acids is 1. The lowest BCUT2D eigenvalue weighted by molar-refractivity contribution is -0.123. The molecule has 0 atom stereocenters. The number of rotatable bonds is 5. The quantitative estimate of drug-likeness (QED) is 0.820. The van der Waals surface area contributed by atoms with Gasteiger partial charge in [0.25, 0.3) is 0 Å². The summed E-state index contributed by atoms with van der Waals surface area (Å²) in [6.07, 6.45) is 0. The van der Waals surface area contributed by atoms with Gasteiger partial charge in [-0.25, -0.2) is 4.79 Å². The van der Waals surface area contributed by atoms with E-state index in [-0.39, 0.29) is 16.9 Å². The molecule has 1 N–H and O–H groups in total. The second kappa shape index (κ2) is 6.82. The summed E-state index contributed by atoms with van der Waals surface area (Å²) >= 11 is 0. The van der Waals surface area contributed by atoms with Crippen molar-refractivity contribution in [3.05, 3.63) is 23.8 Å². The maximum atomic E-state index is 11.5. The minimum absolute atomic E-state index is 0.117. The van der Waals surface area contributed by atoms with E-state index in [0.717, 1.165) is 10.1 Å². The van der Waals surface area contributed by atoms with Crippen LogP contribution in [-0.2, 0) is 19.3 Å². The van der Waals surface area contributed by atoms with Gasteiger partial charge in [-0.3, -0.25) is 19.3 Å². The molecule has 0 aromatic heterocycles. The molecule has 1 aromatic rings. The Balaban J connectivity index is 3.45. The largest absolute Gasteiger partial charge is 0.478 e.